The lowest BCUT2D eigenvalue weighted by Crippen LogP contribution is -2.53. The van der Waals surface area contributed by atoms with E-state index in [4.69, 9.17) is 30.5 Å². The number of methoxy groups -OCH3 is 2. The smallest absolute Gasteiger partial charge is 0.408 e. The van der Waals surface area contributed by atoms with E-state index >= 15 is 4.39 Å². The molecule has 1 fully saturated rings. The summed E-state index contributed by atoms with van der Waals surface area (Å²) in [5.74, 6) is -0.0134. The largest absolute Gasteiger partial charge is 0.497 e. The van der Waals surface area contributed by atoms with Crippen LogP contribution in [0.2, 0.25) is 5.15 Å². The highest BCUT2D eigenvalue weighted by molar-refractivity contribution is 6.33. The minimum atomic E-state index is -0.669. The number of carbonyl (C=O) groups is 2. The molecule has 12 heteroatoms. The van der Waals surface area contributed by atoms with Crippen molar-refractivity contribution in [2.75, 3.05) is 32.8 Å². The highest BCUT2D eigenvalue weighted by atomic mass is 35.5. The van der Waals surface area contributed by atoms with Gasteiger partial charge in [-0.05, 0) is 39.3 Å². The third-order valence-electron chi connectivity index (χ3n) is 6.28. The number of halogens is 2. The van der Waals surface area contributed by atoms with Gasteiger partial charge in [-0.2, -0.15) is 0 Å². The topological polar surface area (TPSA) is 111 Å². The number of pyridine rings is 1. The first-order valence-electron chi connectivity index (χ1n) is 12.2. The third kappa shape index (κ3) is 6.05. The summed E-state index contributed by atoms with van der Waals surface area (Å²) in [6, 6.07) is 4.38. The highest BCUT2D eigenvalue weighted by Gasteiger charge is 2.37. The van der Waals surface area contributed by atoms with Crippen LogP contribution in [-0.4, -0.2) is 67.0 Å². The second-order valence-corrected chi connectivity index (χ2v) is 10.5. The molecule has 2 N–H and O–H groups in total. The van der Waals surface area contributed by atoms with Crippen LogP contribution in [0.3, 0.4) is 0 Å². The lowest BCUT2D eigenvalue weighted by Gasteiger charge is -2.33. The Hall–Kier alpha value is -3.31. The Kier molecular flexibility index (Phi) is 8.17. The predicted molar refractivity (Wildman–Crippen MR) is 138 cm³/mol. The number of aromatic nitrogens is 1. The minimum absolute atomic E-state index is 0.0134. The SMILES string of the molecule is COc1ccc(CN2Cc3c(F)c(NC4CCOCC4NC(=O)OC(C)(C)C)nc(Cl)c3C2=O)c(OC)c1. The van der Waals surface area contributed by atoms with Crippen LogP contribution < -0.4 is 20.1 Å². The predicted octanol–water partition coefficient (Wildman–Crippen LogP) is 4.14. The van der Waals surface area contributed by atoms with Crippen LogP contribution in [-0.2, 0) is 22.6 Å². The molecule has 2 amide bonds. The number of fused-ring (bicyclic) bond motifs is 1. The van der Waals surface area contributed by atoms with Crippen LogP contribution in [0.1, 0.15) is 48.7 Å². The molecule has 38 heavy (non-hydrogen) atoms. The Bertz CT molecular complexity index is 1220. The van der Waals surface area contributed by atoms with Gasteiger partial charge in [-0.25, -0.2) is 14.2 Å². The zero-order valence-electron chi connectivity index (χ0n) is 22.0. The maximum atomic E-state index is 15.7. The van der Waals surface area contributed by atoms with E-state index < -0.39 is 35.5 Å². The monoisotopic (exact) mass is 550 g/mol. The number of hydrogen-bond donors (Lipinski definition) is 2. The number of carbonyl (C=O) groups excluding carboxylic acids is 2. The van der Waals surface area contributed by atoms with E-state index in [1.54, 1.807) is 46.1 Å². The van der Waals surface area contributed by atoms with E-state index in [1.807, 2.05) is 0 Å². The summed E-state index contributed by atoms with van der Waals surface area (Å²) in [7, 11) is 3.08. The van der Waals surface area contributed by atoms with Gasteiger partial charge in [0.1, 0.15) is 22.3 Å². The summed E-state index contributed by atoms with van der Waals surface area (Å²) in [6.07, 6.45) is -0.117. The molecule has 0 bridgehead atoms. The highest BCUT2D eigenvalue weighted by Crippen LogP contribution is 2.36. The van der Waals surface area contributed by atoms with Gasteiger partial charge >= 0.3 is 6.09 Å². The normalized spacial score (nSPS) is 19.1. The first-order chi connectivity index (χ1) is 18.0. The van der Waals surface area contributed by atoms with Crippen molar-refractivity contribution in [2.24, 2.45) is 0 Å². The first-order valence-corrected chi connectivity index (χ1v) is 12.6. The average molecular weight is 551 g/mol. The van der Waals surface area contributed by atoms with Crippen molar-refractivity contribution in [3.63, 3.8) is 0 Å². The summed E-state index contributed by atoms with van der Waals surface area (Å²) in [6.45, 7) is 6.12. The number of alkyl carbamates (subject to hydrolysis) is 1. The molecule has 0 aliphatic carbocycles. The fraction of sp³-hybridized carbons (Fsp3) is 0.500. The van der Waals surface area contributed by atoms with Crippen LogP contribution in [0.5, 0.6) is 11.5 Å². The van der Waals surface area contributed by atoms with E-state index in [-0.39, 0.29) is 41.8 Å². The summed E-state index contributed by atoms with van der Waals surface area (Å²) < 4.78 is 37.2. The zero-order chi connectivity index (χ0) is 27.6. The summed E-state index contributed by atoms with van der Waals surface area (Å²) in [5.41, 5.74) is 0.264. The number of hydrogen-bond acceptors (Lipinski definition) is 8. The Labute approximate surface area is 225 Å². The Morgan fingerprint density at radius 3 is 2.71 bits per heavy atom. The molecular formula is C26H32ClFN4O6. The Balaban J connectivity index is 1.53. The molecule has 2 aliphatic heterocycles. The summed E-state index contributed by atoms with van der Waals surface area (Å²) in [4.78, 5) is 31.1. The maximum Gasteiger partial charge on any atom is 0.408 e. The van der Waals surface area contributed by atoms with Crippen molar-refractivity contribution in [1.29, 1.82) is 0 Å². The third-order valence-corrected chi connectivity index (χ3v) is 6.55. The van der Waals surface area contributed by atoms with Crippen molar-refractivity contribution in [3.05, 3.63) is 45.9 Å². The summed E-state index contributed by atoms with van der Waals surface area (Å²) in [5, 5.41) is 5.75. The second-order valence-electron chi connectivity index (χ2n) is 10.1. The average Bonchev–Trinajstić information content (AvgIpc) is 3.19. The van der Waals surface area contributed by atoms with Crippen LogP contribution in [0.4, 0.5) is 15.0 Å². The lowest BCUT2D eigenvalue weighted by molar-refractivity contribution is 0.0317. The fourth-order valence-corrected chi connectivity index (χ4v) is 4.75. The van der Waals surface area contributed by atoms with Crippen LogP contribution in [0, 0.1) is 5.82 Å². The van der Waals surface area contributed by atoms with Gasteiger partial charge in [0.15, 0.2) is 11.6 Å². The molecule has 206 valence electrons. The van der Waals surface area contributed by atoms with Crippen molar-refractivity contribution >= 4 is 29.4 Å². The number of nitrogens with one attached hydrogen (secondary N) is 2. The Morgan fingerprint density at radius 2 is 2.03 bits per heavy atom. The number of rotatable bonds is 7. The molecule has 0 spiro atoms. The number of nitrogens with zero attached hydrogens (tertiary/aromatic N) is 2. The van der Waals surface area contributed by atoms with Gasteiger partial charge in [0.05, 0.1) is 45.0 Å². The van der Waals surface area contributed by atoms with E-state index in [1.165, 1.54) is 12.0 Å². The number of benzene rings is 1. The molecule has 2 aliphatic rings. The lowest BCUT2D eigenvalue weighted by atomic mass is 10.0. The van der Waals surface area contributed by atoms with Crippen molar-refractivity contribution in [2.45, 2.75) is 58.0 Å². The van der Waals surface area contributed by atoms with Gasteiger partial charge in [0.25, 0.3) is 5.91 Å². The van der Waals surface area contributed by atoms with Crippen LogP contribution >= 0.6 is 11.6 Å². The molecule has 0 radical (unpaired) electrons. The van der Waals surface area contributed by atoms with E-state index in [0.29, 0.717) is 24.5 Å². The molecule has 2 unspecified atom stereocenters. The van der Waals surface area contributed by atoms with Gasteiger partial charge in [-0.15, -0.1) is 0 Å². The van der Waals surface area contributed by atoms with Crippen molar-refractivity contribution in [3.8, 4) is 11.5 Å². The second kappa shape index (κ2) is 11.2. The Morgan fingerprint density at radius 1 is 1.26 bits per heavy atom. The quantitative estimate of drug-likeness (QED) is 0.495. The van der Waals surface area contributed by atoms with Crippen LogP contribution in [0.15, 0.2) is 18.2 Å². The van der Waals surface area contributed by atoms with Gasteiger partial charge in [-0.3, -0.25) is 4.79 Å². The molecule has 4 rings (SSSR count). The van der Waals surface area contributed by atoms with Gasteiger partial charge in [-0.1, -0.05) is 11.6 Å². The molecule has 3 heterocycles. The number of amides is 2. The van der Waals surface area contributed by atoms with E-state index in [9.17, 15) is 9.59 Å². The minimum Gasteiger partial charge on any atom is -0.497 e. The maximum absolute atomic E-state index is 15.7. The molecule has 0 saturated carbocycles. The fourth-order valence-electron chi connectivity index (χ4n) is 4.47. The molecule has 1 saturated heterocycles. The van der Waals surface area contributed by atoms with Crippen LogP contribution in [0.25, 0.3) is 0 Å². The van der Waals surface area contributed by atoms with Crippen molar-refractivity contribution in [1.82, 2.24) is 15.2 Å². The van der Waals surface area contributed by atoms with Gasteiger partial charge < -0.3 is 34.5 Å². The van der Waals surface area contributed by atoms with Gasteiger partial charge in [0.2, 0.25) is 0 Å². The standard InChI is InChI=1S/C26H32ClFN4O6/c1-26(2,3)38-25(34)30-18-13-37-9-8-17(18)29-23-21(28)16-12-32(24(33)20(16)22(27)31-23)11-14-6-7-15(35-4)10-19(14)36-5/h6-7,10,17-18H,8-9,11-13H2,1-5H3,(H,29,31)(H,30,34). The molecule has 2 aromatic rings. The molecule has 1 aromatic heterocycles. The number of ether oxygens (including phenoxy) is 4. The van der Waals surface area contributed by atoms with Gasteiger partial charge in [0, 0.05) is 30.3 Å². The van der Waals surface area contributed by atoms with E-state index in [0.717, 1.165) is 5.56 Å². The zero-order valence-corrected chi connectivity index (χ0v) is 22.8. The molecule has 2 atom stereocenters. The van der Waals surface area contributed by atoms with Crippen molar-refractivity contribution < 1.29 is 32.9 Å². The first kappa shape index (κ1) is 27.7. The molecule has 1 aromatic carbocycles. The molecule has 10 nitrogen and oxygen atoms in total. The van der Waals surface area contributed by atoms with E-state index in [2.05, 4.69) is 15.6 Å². The summed E-state index contributed by atoms with van der Waals surface area (Å²) >= 11 is 6.40. The molecular weight excluding hydrogens is 519 g/mol. The number of anilines is 1.